The van der Waals surface area contributed by atoms with E-state index in [9.17, 15) is 0 Å². The molecule has 0 amide bonds. The van der Waals surface area contributed by atoms with Gasteiger partial charge in [-0.3, -0.25) is 0 Å². The summed E-state index contributed by atoms with van der Waals surface area (Å²) in [5, 5.41) is 0. The summed E-state index contributed by atoms with van der Waals surface area (Å²) in [6.45, 7) is 0. The van der Waals surface area contributed by atoms with Crippen LogP contribution in [0.15, 0.2) is 0 Å². The van der Waals surface area contributed by atoms with E-state index in [1.54, 1.807) is 0 Å². The average molecular weight is 437 g/mol. The molecule has 0 bridgehead atoms. The average Bonchev–Trinajstić information content (AvgIpc) is 0. The van der Waals surface area contributed by atoms with Crippen molar-refractivity contribution in [2.24, 2.45) is 0 Å². The second kappa shape index (κ2) is 27.8. The van der Waals surface area contributed by atoms with Gasteiger partial charge in [-0.2, -0.15) is 0 Å². The van der Waals surface area contributed by atoms with Gasteiger partial charge in [0.25, 0.3) is 0 Å². The van der Waals surface area contributed by atoms with Crippen molar-refractivity contribution in [2.75, 3.05) is 0 Å². The van der Waals surface area contributed by atoms with E-state index >= 15 is 0 Å². The van der Waals surface area contributed by atoms with Crippen LogP contribution in [0, 0.1) is 0 Å². The van der Waals surface area contributed by atoms with E-state index in [-0.39, 0.29) is 96.0 Å². The predicted molar refractivity (Wildman–Crippen MR) is 11.5 cm³/mol. The van der Waals surface area contributed by atoms with Crippen molar-refractivity contribution in [1.29, 1.82) is 0 Å². The fourth-order valence-electron chi connectivity index (χ4n) is 0. The Labute approximate surface area is 94.4 Å². The summed E-state index contributed by atoms with van der Waals surface area (Å²) in [5.41, 5.74) is 0. The van der Waals surface area contributed by atoms with Gasteiger partial charge in [0.05, 0.1) is 0 Å². The van der Waals surface area contributed by atoms with E-state index in [2.05, 4.69) is 0 Å². The first-order chi connectivity index (χ1) is 0. The standard InChI is InChI=1S/2Ag.Cu.2Se/q2*+1;+2;2*-2. The first-order valence-corrected chi connectivity index (χ1v) is 0. The largest absolute Gasteiger partial charge is 2.00 e. The summed E-state index contributed by atoms with van der Waals surface area (Å²) in [4.78, 5) is 0. The van der Waals surface area contributed by atoms with Crippen LogP contribution in [-0.2, 0) is 61.8 Å². The molecule has 0 heterocycles. The van der Waals surface area contributed by atoms with Gasteiger partial charge in [-0.05, 0) is 0 Å². The molecule has 0 aromatic heterocycles. The molecule has 0 unspecified atom stereocenters. The van der Waals surface area contributed by atoms with E-state index in [0.29, 0.717) is 0 Å². The number of hydrogen-bond acceptors (Lipinski definition) is 0. The molecule has 0 saturated carbocycles. The van der Waals surface area contributed by atoms with Gasteiger partial charge in [0, 0.05) is 0 Å². The summed E-state index contributed by atoms with van der Waals surface area (Å²) >= 11 is 0. The molecular weight excluding hydrogens is 437 g/mol. The molecule has 0 nitrogen and oxygen atoms in total. The monoisotopic (exact) mass is 437 g/mol. The van der Waals surface area contributed by atoms with Crippen molar-refractivity contribution >= 4 is 34.1 Å². The van der Waals surface area contributed by atoms with Crippen LogP contribution in [0.5, 0.6) is 0 Å². The molecule has 0 rings (SSSR count). The topological polar surface area (TPSA) is 0 Å². The molecule has 0 fully saturated rings. The zero-order valence-corrected chi connectivity index (χ0v) is 9.05. The van der Waals surface area contributed by atoms with Gasteiger partial charge in [0.1, 0.15) is 0 Å². The van der Waals surface area contributed by atoms with E-state index in [0.717, 1.165) is 0 Å². The van der Waals surface area contributed by atoms with Crippen molar-refractivity contribution in [3.63, 3.8) is 0 Å². The third kappa shape index (κ3) is 19.4. The summed E-state index contributed by atoms with van der Waals surface area (Å²) in [6.07, 6.45) is 0. The van der Waals surface area contributed by atoms with E-state index in [1.807, 2.05) is 0 Å². The van der Waals surface area contributed by atoms with Crippen LogP contribution < -0.4 is 0 Å². The van der Waals surface area contributed by atoms with Crippen LogP contribution >= 0.6 is 0 Å². The Morgan fingerprint density at radius 2 is 0.600 bits per heavy atom. The SMILES string of the molecule is [Ag+].[Ag+].[Cu+2].[Se-2].[Se-2]. The van der Waals surface area contributed by atoms with Crippen molar-refractivity contribution < 1.29 is 61.8 Å². The molecule has 0 N–H and O–H groups in total. The Morgan fingerprint density at radius 1 is 0.600 bits per heavy atom. The minimum absolute atomic E-state index is 0. The van der Waals surface area contributed by atoms with Gasteiger partial charge in [0.2, 0.25) is 0 Å². The predicted octanol–water partition coefficient (Wildman–Crippen LogP) is -0.769. The van der Waals surface area contributed by atoms with Gasteiger partial charge in [-0.1, -0.05) is 0 Å². The molecule has 1 radical (unpaired) electrons. The molecule has 0 aromatic carbocycles. The Morgan fingerprint density at radius 3 is 0.600 bits per heavy atom. The zero-order valence-electron chi connectivity index (χ0n) is 1.72. The van der Waals surface area contributed by atoms with E-state index in [1.165, 1.54) is 0 Å². The van der Waals surface area contributed by atoms with Crippen LogP contribution in [0.1, 0.15) is 0 Å². The molecule has 0 aromatic rings. The van der Waals surface area contributed by atoms with Gasteiger partial charge in [-0.15, -0.1) is 0 Å². The minimum Gasteiger partial charge on any atom is -2.00 e. The van der Waals surface area contributed by atoms with Crippen molar-refractivity contribution in [3.05, 3.63) is 0 Å². The molecule has 0 saturated heterocycles. The fraction of sp³-hybridized carbons (Fsp3) is 0. The third-order valence-electron chi connectivity index (χ3n) is 0. The summed E-state index contributed by atoms with van der Waals surface area (Å²) in [5.74, 6) is 0. The molecule has 0 spiro atoms. The Hall–Kier alpha value is 3.04. The Balaban J connectivity index is 0. The second-order valence-corrected chi connectivity index (χ2v) is 0. The first-order valence-electron chi connectivity index (χ1n) is 0. The molecule has 5 heteroatoms. The maximum atomic E-state index is 0. The zero-order chi connectivity index (χ0) is 0. The molecular formula is Ag2CuSe2. The van der Waals surface area contributed by atoms with Crippen LogP contribution in [-0.4, -0.2) is 34.1 Å². The summed E-state index contributed by atoms with van der Waals surface area (Å²) < 4.78 is 0. The molecule has 0 aliphatic carbocycles. The van der Waals surface area contributed by atoms with Crippen LogP contribution in [0.4, 0.5) is 0 Å². The van der Waals surface area contributed by atoms with Crippen molar-refractivity contribution in [1.82, 2.24) is 0 Å². The van der Waals surface area contributed by atoms with Crippen molar-refractivity contribution in [3.8, 4) is 0 Å². The van der Waals surface area contributed by atoms with Gasteiger partial charge in [-0.25, -0.2) is 0 Å². The Kier molecular flexibility index (Phi) is 240. The smallest absolute Gasteiger partial charge is 2.00 e. The minimum atomic E-state index is 0. The molecule has 0 aliphatic rings. The fourth-order valence-corrected chi connectivity index (χ4v) is 0. The number of hydrogen-bond donors (Lipinski definition) is 0. The number of rotatable bonds is 0. The van der Waals surface area contributed by atoms with Crippen molar-refractivity contribution in [2.45, 2.75) is 0 Å². The third-order valence-corrected chi connectivity index (χ3v) is 0. The maximum Gasteiger partial charge on any atom is 2.00 e. The van der Waals surface area contributed by atoms with E-state index in [4.69, 9.17) is 0 Å². The van der Waals surface area contributed by atoms with Gasteiger partial charge >= 0.3 is 61.8 Å². The van der Waals surface area contributed by atoms with Crippen LogP contribution in [0.25, 0.3) is 0 Å². The quantitative estimate of drug-likeness (QED) is 0.437. The van der Waals surface area contributed by atoms with Crippen LogP contribution in [0.3, 0.4) is 0 Å². The molecule has 5 heavy (non-hydrogen) atoms. The second-order valence-electron chi connectivity index (χ2n) is 0. The Bertz CT molecular complexity index is 7.61. The molecule has 0 atom stereocenters. The normalized spacial score (nSPS) is 0. The maximum absolute atomic E-state index is 0. The van der Waals surface area contributed by atoms with E-state index < -0.39 is 0 Å². The molecule has 0 aliphatic heterocycles. The summed E-state index contributed by atoms with van der Waals surface area (Å²) in [6, 6.07) is 0. The first kappa shape index (κ1) is 43.1. The molecule has 45 valence electrons. The summed E-state index contributed by atoms with van der Waals surface area (Å²) in [7, 11) is 0. The van der Waals surface area contributed by atoms with Gasteiger partial charge in [0.15, 0.2) is 0 Å². The van der Waals surface area contributed by atoms with Crippen LogP contribution in [0.2, 0.25) is 0 Å². The van der Waals surface area contributed by atoms with Gasteiger partial charge < -0.3 is 34.1 Å².